The van der Waals surface area contributed by atoms with Crippen LogP contribution in [0.4, 0.5) is 10.1 Å². The van der Waals surface area contributed by atoms with Gasteiger partial charge in [0.05, 0.1) is 4.92 Å². The van der Waals surface area contributed by atoms with Gasteiger partial charge >= 0.3 is 0 Å². The van der Waals surface area contributed by atoms with Gasteiger partial charge in [-0.05, 0) is 13.0 Å². The number of rotatable bonds is 3. The SMILES string of the molecule is C/C(=C/c1cc([N+](=O)[O-])ccc1F)CBr. The monoisotopic (exact) mass is 273 g/mol. The zero-order valence-corrected chi connectivity index (χ0v) is 9.62. The summed E-state index contributed by atoms with van der Waals surface area (Å²) in [6, 6.07) is 3.48. The summed E-state index contributed by atoms with van der Waals surface area (Å²) in [5, 5.41) is 11.1. The van der Waals surface area contributed by atoms with E-state index in [9.17, 15) is 14.5 Å². The molecule has 0 N–H and O–H groups in total. The molecule has 0 saturated carbocycles. The molecule has 1 aromatic rings. The summed E-state index contributed by atoms with van der Waals surface area (Å²) in [7, 11) is 0. The maximum atomic E-state index is 13.2. The van der Waals surface area contributed by atoms with Crippen molar-refractivity contribution in [1.29, 1.82) is 0 Å². The van der Waals surface area contributed by atoms with Crippen LogP contribution in [0.2, 0.25) is 0 Å². The van der Waals surface area contributed by atoms with E-state index < -0.39 is 10.7 Å². The van der Waals surface area contributed by atoms with Gasteiger partial charge in [-0.15, -0.1) is 0 Å². The Labute approximate surface area is 94.9 Å². The van der Waals surface area contributed by atoms with Crippen molar-refractivity contribution >= 4 is 27.7 Å². The van der Waals surface area contributed by atoms with Gasteiger partial charge in [0.15, 0.2) is 0 Å². The second kappa shape index (κ2) is 5.02. The highest BCUT2D eigenvalue weighted by Crippen LogP contribution is 2.19. The number of nitro benzene ring substituents is 1. The molecule has 0 saturated heterocycles. The Balaban J connectivity index is 3.17. The highest BCUT2D eigenvalue weighted by Gasteiger charge is 2.08. The smallest absolute Gasteiger partial charge is 0.258 e. The maximum absolute atomic E-state index is 13.2. The molecule has 15 heavy (non-hydrogen) atoms. The van der Waals surface area contributed by atoms with E-state index in [1.54, 1.807) is 6.08 Å². The maximum Gasteiger partial charge on any atom is 0.270 e. The molecule has 0 fully saturated rings. The Bertz CT molecular complexity index is 418. The van der Waals surface area contributed by atoms with Gasteiger partial charge in [-0.25, -0.2) is 4.39 Å². The van der Waals surface area contributed by atoms with Gasteiger partial charge in [0.1, 0.15) is 5.82 Å². The molecule has 0 heterocycles. The standard InChI is InChI=1S/C10H9BrFNO2/c1-7(6-11)4-8-5-9(13(14)15)2-3-10(8)12/h2-5H,6H2,1H3/b7-4-. The molecule has 0 amide bonds. The third kappa shape index (κ3) is 3.13. The summed E-state index contributed by atoms with van der Waals surface area (Å²) in [5.41, 5.74) is 1.03. The van der Waals surface area contributed by atoms with Crippen LogP contribution in [-0.4, -0.2) is 10.3 Å². The molecule has 0 radical (unpaired) electrons. The van der Waals surface area contributed by atoms with Crippen LogP contribution in [0, 0.1) is 15.9 Å². The number of non-ortho nitro benzene ring substituents is 1. The molecule has 0 unspecified atom stereocenters. The summed E-state index contributed by atoms with van der Waals surface area (Å²) in [6.07, 6.45) is 1.58. The topological polar surface area (TPSA) is 43.1 Å². The van der Waals surface area contributed by atoms with Crippen molar-refractivity contribution < 1.29 is 9.31 Å². The molecule has 0 aliphatic heterocycles. The fraction of sp³-hybridized carbons (Fsp3) is 0.200. The third-order valence-electron chi connectivity index (χ3n) is 1.80. The van der Waals surface area contributed by atoms with Crippen molar-refractivity contribution in [1.82, 2.24) is 0 Å². The lowest BCUT2D eigenvalue weighted by Crippen LogP contribution is -1.91. The largest absolute Gasteiger partial charge is 0.270 e. The van der Waals surface area contributed by atoms with Crippen molar-refractivity contribution in [2.75, 3.05) is 5.33 Å². The number of nitrogens with zero attached hydrogens (tertiary/aromatic N) is 1. The first-order valence-corrected chi connectivity index (χ1v) is 5.34. The highest BCUT2D eigenvalue weighted by atomic mass is 79.9. The van der Waals surface area contributed by atoms with Crippen molar-refractivity contribution in [3.8, 4) is 0 Å². The van der Waals surface area contributed by atoms with Gasteiger partial charge in [-0.1, -0.05) is 27.6 Å². The number of benzene rings is 1. The van der Waals surface area contributed by atoms with Gasteiger partial charge in [0, 0.05) is 23.0 Å². The average molecular weight is 274 g/mol. The van der Waals surface area contributed by atoms with Crippen LogP contribution >= 0.6 is 15.9 Å². The van der Waals surface area contributed by atoms with Crippen LogP contribution in [0.25, 0.3) is 6.08 Å². The van der Waals surface area contributed by atoms with E-state index in [1.807, 2.05) is 6.92 Å². The fourth-order valence-electron chi connectivity index (χ4n) is 1.06. The molecule has 80 valence electrons. The Hall–Kier alpha value is -1.23. The Kier molecular flexibility index (Phi) is 3.96. The van der Waals surface area contributed by atoms with E-state index >= 15 is 0 Å². The molecular formula is C10H9BrFNO2. The lowest BCUT2D eigenvalue weighted by Gasteiger charge is -1.99. The molecule has 0 aliphatic carbocycles. The summed E-state index contributed by atoms with van der Waals surface area (Å²) in [6.45, 7) is 1.81. The van der Waals surface area contributed by atoms with Crippen molar-refractivity contribution in [2.45, 2.75) is 6.92 Å². The van der Waals surface area contributed by atoms with Crippen LogP contribution in [0.1, 0.15) is 12.5 Å². The number of hydrogen-bond acceptors (Lipinski definition) is 2. The fourth-order valence-corrected chi connectivity index (χ4v) is 1.22. The summed E-state index contributed by atoms with van der Waals surface area (Å²) >= 11 is 3.22. The minimum Gasteiger partial charge on any atom is -0.258 e. The van der Waals surface area contributed by atoms with E-state index in [4.69, 9.17) is 0 Å². The van der Waals surface area contributed by atoms with E-state index in [0.717, 1.165) is 17.7 Å². The molecular weight excluding hydrogens is 265 g/mol. The first-order chi connectivity index (χ1) is 7.04. The highest BCUT2D eigenvalue weighted by molar-refractivity contribution is 9.09. The summed E-state index contributed by atoms with van der Waals surface area (Å²) < 4.78 is 13.2. The molecule has 0 spiro atoms. The number of nitro groups is 1. The molecule has 1 aromatic carbocycles. The Morgan fingerprint density at radius 3 is 2.87 bits per heavy atom. The first kappa shape index (κ1) is 11.8. The third-order valence-corrected chi connectivity index (χ3v) is 2.69. The Morgan fingerprint density at radius 2 is 2.33 bits per heavy atom. The minimum absolute atomic E-state index is 0.106. The van der Waals surface area contributed by atoms with E-state index in [0.29, 0.717) is 5.33 Å². The molecule has 1 rings (SSSR count). The predicted molar refractivity (Wildman–Crippen MR) is 60.5 cm³/mol. The van der Waals surface area contributed by atoms with Gasteiger partial charge in [0.2, 0.25) is 0 Å². The summed E-state index contributed by atoms with van der Waals surface area (Å²) in [5.74, 6) is -0.457. The minimum atomic E-state index is -0.541. The molecule has 0 bridgehead atoms. The number of halogens is 2. The summed E-state index contributed by atoms with van der Waals surface area (Å²) in [4.78, 5) is 9.93. The van der Waals surface area contributed by atoms with Crippen molar-refractivity contribution in [2.24, 2.45) is 0 Å². The predicted octanol–water partition coefficient (Wildman–Crippen LogP) is 3.53. The second-order valence-corrected chi connectivity index (χ2v) is 3.65. The Morgan fingerprint density at radius 1 is 1.67 bits per heavy atom. The molecule has 0 aliphatic rings. The lowest BCUT2D eigenvalue weighted by molar-refractivity contribution is -0.384. The first-order valence-electron chi connectivity index (χ1n) is 4.21. The zero-order valence-electron chi connectivity index (χ0n) is 8.04. The van der Waals surface area contributed by atoms with Gasteiger partial charge < -0.3 is 0 Å². The molecule has 3 nitrogen and oxygen atoms in total. The van der Waals surface area contributed by atoms with E-state index in [1.165, 1.54) is 6.07 Å². The van der Waals surface area contributed by atoms with Gasteiger partial charge in [-0.2, -0.15) is 0 Å². The number of alkyl halides is 1. The van der Waals surface area contributed by atoms with E-state index in [2.05, 4.69) is 15.9 Å². The van der Waals surface area contributed by atoms with Crippen LogP contribution in [-0.2, 0) is 0 Å². The average Bonchev–Trinajstić information content (AvgIpc) is 2.20. The van der Waals surface area contributed by atoms with Crippen LogP contribution in [0.5, 0.6) is 0 Å². The lowest BCUT2D eigenvalue weighted by atomic mass is 10.1. The molecule has 0 aromatic heterocycles. The zero-order chi connectivity index (χ0) is 11.4. The van der Waals surface area contributed by atoms with Gasteiger partial charge in [-0.3, -0.25) is 10.1 Å². The molecule has 0 atom stereocenters. The van der Waals surface area contributed by atoms with Gasteiger partial charge in [0.25, 0.3) is 5.69 Å². The van der Waals surface area contributed by atoms with Crippen LogP contribution < -0.4 is 0 Å². The molecule has 5 heteroatoms. The van der Waals surface area contributed by atoms with Crippen molar-refractivity contribution in [3.05, 3.63) is 45.3 Å². The normalized spacial score (nSPS) is 11.5. The number of allylic oxidation sites excluding steroid dienone is 1. The van der Waals surface area contributed by atoms with E-state index in [-0.39, 0.29) is 11.3 Å². The quantitative estimate of drug-likeness (QED) is 0.480. The van der Waals surface area contributed by atoms with Crippen LogP contribution in [0.3, 0.4) is 0 Å². The second-order valence-electron chi connectivity index (χ2n) is 3.09. The van der Waals surface area contributed by atoms with Crippen LogP contribution in [0.15, 0.2) is 23.8 Å². The van der Waals surface area contributed by atoms with Crippen molar-refractivity contribution in [3.63, 3.8) is 0 Å². The number of hydrogen-bond donors (Lipinski definition) is 0.